The lowest BCUT2D eigenvalue weighted by atomic mass is 10.1. The third kappa shape index (κ3) is 2.14. The Balaban J connectivity index is 2.07. The van der Waals surface area contributed by atoms with Crippen LogP contribution < -0.4 is 0 Å². The van der Waals surface area contributed by atoms with Crippen molar-refractivity contribution in [3.63, 3.8) is 0 Å². The van der Waals surface area contributed by atoms with Gasteiger partial charge in [-0.05, 0) is 30.7 Å². The first-order valence-electron chi connectivity index (χ1n) is 6.04. The number of benzene rings is 2. The molecule has 3 rings (SSSR count). The van der Waals surface area contributed by atoms with E-state index < -0.39 is 0 Å². The van der Waals surface area contributed by atoms with Crippen molar-refractivity contribution < 1.29 is 9.63 Å². The summed E-state index contributed by atoms with van der Waals surface area (Å²) in [6.45, 7) is 1.81. The summed E-state index contributed by atoms with van der Waals surface area (Å²) in [4.78, 5) is 4.29. The molecule has 1 heterocycles. The molecular formula is C15H11ClN2O2. The molecule has 0 amide bonds. The molecule has 1 aromatic heterocycles. The number of phenols is 1. The van der Waals surface area contributed by atoms with Gasteiger partial charge >= 0.3 is 0 Å². The normalized spacial score (nSPS) is 10.7. The van der Waals surface area contributed by atoms with Crippen molar-refractivity contribution in [2.75, 3.05) is 0 Å². The van der Waals surface area contributed by atoms with Crippen molar-refractivity contribution in [1.29, 1.82) is 0 Å². The van der Waals surface area contributed by atoms with Crippen molar-refractivity contribution in [3.8, 4) is 28.6 Å². The van der Waals surface area contributed by atoms with Crippen LogP contribution in [0.5, 0.6) is 5.75 Å². The van der Waals surface area contributed by atoms with Gasteiger partial charge in [0.25, 0.3) is 5.89 Å². The summed E-state index contributed by atoms with van der Waals surface area (Å²) in [6.07, 6.45) is 0. The molecule has 0 spiro atoms. The maximum Gasteiger partial charge on any atom is 0.262 e. The van der Waals surface area contributed by atoms with E-state index >= 15 is 0 Å². The number of para-hydroxylation sites is 1. The Labute approximate surface area is 120 Å². The van der Waals surface area contributed by atoms with Gasteiger partial charge in [0.1, 0.15) is 5.75 Å². The van der Waals surface area contributed by atoms with E-state index in [0.717, 1.165) is 5.56 Å². The molecule has 0 aliphatic carbocycles. The molecule has 3 aromatic rings. The fraction of sp³-hybridized carbons (Fsp3) is 0.0667. The largest absolute Gasteiger partial charge is 0.507 e. The lowest BCUT2D eigenvalue weighted by Crippen LogP contribution is -1.84. The maximum absolute atomic E-state index is 10.0. The van der Waals surface area contributed by atoms with Crippen LogP contribution in [0.1, 0.15) is 5.56 Å². The van der Waals surface area contributed by atoms with E-state index in [1.165, 1.54) is 0 Å². The van der Waals surface area contributed by atoms with Crippen LogP contribution in [0.2, 0.25) is 5.02 Å². The summed E-state index contributed by atoms with van der Waals surface area (Å²) >= 11 is 6.10. The molecule has 100 valence electrons. The fourth-order valence-corrected chi connectivity index (χ4v) is 2.14. The molecule has 0 radical (unpaired) electrons. The molecule has 2 aromatic carbocycles. The van der Waals surface area contributed by atoms with E-state index in [1.807, 2.05) is 37.3 Å². The van der Waals surface area contributed by atoms with Gasteiger partial charge in [0, 0.05) is 5.56 Å². The Kier molecular flexibility index (Phi) is 3.16. The first-order chi connectivity index (χ1) is 9.66. The SMILES string of the molecule is Cc1cccc(-c2nc(-c3ccccc3Cl)no2)c1O. The average Bonchev–Trinajstić information content (AvgIpc) is 2.92. The van der Waals surface area contributed by atoms with Crippen LogP contribution >= 0.6 is 11.6 Å². The van der Waals surface area contributed by atoms with Crippen LogP contribution in [0.15, 0.2) is 47.0 Å². The van der Waals surface area contributed by atoms with Crippen molar-refractivity contribution in [2.45, 2.75) is 6.92 Å². The molecule has 0 aliphatic heterocycles. The van der Waals surface area contributed by atoms with Gasteiger partial charge in [-0.15, -0.1) is 0 Å². The van der Waals surface area contributed by atoms with Crippen LogP contribution in [0.4, 0.5) is 0 Å². The highest BCUT2D eigenvalue weighted by Gasteiger charge is 2.16. The number of aromatic hydroxyl groups is 1. The molecule has 0 bridgehead atoms. The number of aromatic nitrogens is 2. The van der Waals surface area contributed by atoms with Crippen LogP contribution in [-0.2, 0) is 0 Å². The molecule has 0 saturated carbocycles. The Hall–Kier alpha value is -2.33. The van der Waals surface area contributed by atoms with Gasteiger partial charge in [-0.1, -0.05) is 41.0 Å². The second-order valence-electron chi connectivity index (χ2n) is 4.37. The Morgan fingerprint density at radius 1 is 1.05 bits per heavy atom. The first kappa shape index (κ1) is 12.7. The predicted molar refractivity (Wildman–Crippen MR) is 76.6 cm³/mol. The van der Waals surface area contributed by atoms with Gasteiger partial charge in [0.2, 0.25) is 5.82 Å². The van der Waals surface area contributed by atoms with Gasteiger partial charge in [0.15, 0.2) is 0 Å². The topological polar surface area (TPSA) is 59.2 Å². The number of phenolic OH excluding ortho intramolecular Hbond substituents is 1. The van der Waals surface area contributed by atoms with E-state index in [2.05, 4.69) is 10.1 Å². The zero-order valence-electron chi connectivity index (χ0n) is 10.7. The number of hydrogen-bond acceptors (Lipinski definition) is 4. The van der Waals surface area contributed by atoms with E-state index in [4.69, 9.17) is 16.1 Å². The van der Waals surface area contributed by atoms with Crippen LogP contribution in [0.3, 0.4) is 0 Å². The third-order valence-electron chi connectivity index (χ3n) is 3.01. The zero-order valence-corrected chi connectivity index (χ0v) is 11.4. The summed E-state index contributed by atoms with van der Waals surface area (Å²) in [5.41, 5.74) is 1.95. The van der Waals surface area contributed by atoms with Crippen molar-refractivity contribution in [2.24, 2.45) is 0 Å². The van der Waals surface area contributed by atoms with E-state index in [1.54, 1.807) is 12.1 Å². The highest BCUT2D eigenvalue weighted by Crippen LogP contribution is 2.32. The summed E-state index contributed by atoms with van der Waals surface area (Å²) in [5, 5.41) is 14.5. The van der Waals surface area contributed by atoms with Gasteiger partial charge in [-0.25, -0.2) is 0 Å². The maximum atomic E-state index is 10.0. The molecule has 1 N–H and O–H groups in total. The summed E-state index contributed by atoms with van der Waals surface area (Å²) in [6, 6.07) is 12.6. The van der Waals surface area contributed by atoms with Gasteiger partial charge in [-0.2, -0.15) is 4.98 Å². The average molecular weight is 287 g/mol. The Bertz CT molecular complexity index is 768. The highest BCUT2D eigenvalue weighted by molar-refractivity contribution is 6.33. The van der Waals surface area contributed by atoms with Gasteiger partial charge < -0.3 is 9.63 Å². The molecule has 0 fully saturated rings. The van der Waals surface area contributed by atoms with Gasteiger partial charge in [-0.3, -0.25) is 0 Å². The van der Waals surface area contributed by atoms with Gasteiger partial charge in [0.05, 0.1) is 10.6 Å². The summed E-state index contributed by atoms with van der Waals surface area (Å²) < 4.78 is 5.22. The lowest BCUT2D eigenvalue weighted by molar-refractivity contribution is 0.425. The molecule has 5 heteroatoms. The Morgan fingerprint density at radius 2 is 1.80 bits per heavy atom. The Morgan fingerprint density at radius 3 is 2.60 bits per heavy atom. The van der Waals surface area contributed by atoms with E-state index in [9.17, 15) is 5.11 Å². The van der Waals surface area contributed by atoms with Crippen LogP contribution in [0.25, 0.3) is 22.8 Å². The second kappa shape index (κ2) is 4.98. The molecule has 0 unspecified atom stereocenters. The molecule has 0 atom stereocenters. The fourth-order valence-electron chi connectivity index (χ4n) is 1.92. The second-order valence-corrected chi connectivity index (χ2v) is 4.78. The predicted octanol–water partition coefficient (Wildman–Crippen LogP) is 4.07. The molecular weight excluding hydrogens is 276 g/mol. The van der Waals surface area contributed by atoms with Crippen molar-refractivity contribution in [1.82, 2.24) is 10.1 Å². The minimum absolute atomic E-state index is 0.141. The number of rotatable bonds is 2. The smallest absolute Gasteiger partial charge is 0.262 e. The standard InChI is InChI=1S/C15H11ClN2O2/c1-9-5-4-7-11(13(9)19)15-17-14(18-20-15)10-6-2-3-8-12(10)16/h2-8,19H,1H3. The first-order valence-corrected chi connectivity index (χ1v) is 6.42. The highest BCUT2D eigenvalue weighted by atomic mass is 35.5. The number of nitrogens with zero attached hydrogens (tertiary/aromatic N) is 2. The van der Waals surface area contributed by atoms with Crippen molar-refractivity contribution >= 4 is 11.6 Å². The summed E-state index contributed by atoms with van der Waals surface area (Å²) in [5.74, 6) is 0.800. The number of aryl methyl sites for hydroxylation is 1. The zero-order chi connectivity index (χ0) is 14.1. The minimum atomic E-state index is 0.141. The van der Waals surface area contributed by atoms with Crippen LogP contribution in [0, 0.1) is 6.92 Å². The van der Waals surface area contributed by atoms with Crippen LogP contribution in [-0.4, -0.2) is 15.2 Å². The third-order valence-corrected chi connectivity index (χ3v) is 3.34. The van der Waals surface area contributed by atoms with E-state index in [0.29, 0.717) is 22.0 Å². The molecule has 0 saturated heterocycles. The monoisotopic (exact) mass is 286 g/mol. The molecule has 0 aliphatic rings. The lowest BCUT2D eigenvalue weighted by Gasteiger charge is -2.01. The quantitative estimate of drug-likeness (QED) is 0.771. The molecule has 4 nitrogen and oxygen atoms in total. The number of halogens is 1. The number of hydrogen-bond donors (Lipinski definition) is 1. The van der Waals surface area contributed by atoms with E-state index in [-0.39, 0.29) is 11.6 Å². The summed E-state index contributed by atoms with van der Waals surface area (Å²) in [7, 11) is 0. The molecule has 20 heavy (non-hydrogen) atoms. The van der Waals surface area contributed by atoms with Crippen molar-refractivity contribution in [3.05, 3.63) is 53.1 Å². The minimum Gasteiger partial charge on any atom is -0.507 e.